The Morgan fingerprint density at radius 3 is 3.00 bits per heavy atom. The molecule has 8 nitrogen and oxygen atoms in total. The van der Waals surface area contributed by atoms with E-state index in [1.54, 1.807) is 28.8 Å². The highest BCUT2D eigenvalue weighted by Gasteiger charge is 2.16. The van der Waals surface area contributed by atoms with Crippen LogP contribution in [-0.4, -0.2) is 25.7 Å². The van der Waals surface area contributed by atoms with Crippen molar-refractivity contribution in [1.82, 2.24) is 19.7 Å². The van der Waals surface area contributed by atoms with E-state index >= 15 is 0 Å². The number of para-hydroxylation sites is 1. The number of hydrogen-bond acceptors (Lipinski definition) is 7. The van der Waals surface area contributed by atoms with E-state index in [2.05, 4.69) is 20.5 Å². The van der Waals surface area contributed by atoms with E-state index in [4.69, 9.17) is 16.6 Å². The minimum absolute atomic E-state index is 0.0695. The molecule has 4 rings (SSSR count). The molecule has 0 aliphatic rings. The molecule has 0 aliphatic heterocycles. The minimum atomic E-state index is -0.690. The van der Waals surface area contributed by atoms with Gasteiger partial charge in [-0.3, -0.25) is 15.2 Å². The lowest BCUT2D eigenvalue weighted by molar-refractivity contribution is 0.102. The number of nitrogens with zero attached hydrogens (tertiary/aromatic N) is 3. The van der Waals surface area contributed by atoms with Gasteiger partial charge in [0.25, 0.3) is 5.91 Å². The van der Waals surface area contributed by atoms with Crippen molar-refractivity contribution in [3.8, 4) is 0 Å². The normalized spacial score (nSPS) is 11.0. The Bertz CT molecular complexity index is 1270. The first-order valence-corrected chi connectivity index (χ1v) is 9.19. The van der Waals surface area contributed by atoms with Gasteiger partial charge in [-0.1, -0.05) is 18.2 Å². The van der Waals surface area contributed by atoms with E-state index < -0.39 is 11.5 Å². The lowest BCUT2D eigenvalue weighted by Crippen LogP contribution is -2.20. The molecule has 3 aromatic heterocycles. The van der Waals surface area contributed by atoms with Gasteiger partial charge in [0, 0.05) is 17.8 Å². The molecule has 0 aliphatic carbocycles. The number of H-pyrrole nitrogens is 1. The highest BCUT2D eigenvalue weighted by molar-refractivity contribution is 7.71. The van der Waals surface area contributed by atoms with Crippen LogP contribution in [0.15, 0.2) is 44.9 Å². The standard InChI is InChI=1S/C17H13N5O3S2/c1-22-13(20-21-17(22)26)7-10-8-27-16(18-10)19-14(23)11-6-9-4-2-3-5-12(9)25-15(11)24/h2-6,8H,7H2,1H3,(H,21,26)(H,18,19,23). The van der Waals surface area contributed by atoms with Crippen LogP contribution in [0.2, 0.25) is 0 Å². The van der Waals surface area contributed by atoms with Gasteiger partial charge in [0.15, 0.2) is 9.90 Å². The second-order valence-corrected chi connectivity index (χ2v) is 7.01. The predicted octanol–water partition coefficient (Wildman–Crippen LogP) is 2.88. The lowest BCUT2D eigenvalue weighted by atomic mass is 10.2. The van der Waals surface area contributed by atoms with Crippen molar-refractivity contribution < 1.29 is 9.21 Å². The van der Waals surface area contributed by atoms with E-state index in [0.29, 0.717) is 27.3 Å². The van der Waals surface area contributed by atoms with E-state index in [-0.39, 0.29) is 5.56 Å². The zero-order valence-electron chi connectivity index (χ0n) is 14.1. The van der Waals surface area contributed by atoms with Crippen LogP contribution in [0.4, 0.5) is 5.13 Å². The zero-order chi connectivity index (χ0) is 19.0. The number of benzene rings is 1. The Hall–Kier alpha value is -3.11. The molecule has 3 heterocycles. The summed E-state index contributed by atoms with van der Waals surface area (Å²) in [4.78, 5) is 28.9. The number of fused-ring (bicyclic) bond motifs is 1. The third kappa shape index (κ3) is 3.44. The van der Waals surface area contributed by atoms with Gasteiger partial charge in [-0.25, -0.2) is 9.78 Å². The summed E-state index contributed by atoms with van der Waals surface area (Å²) < 4.78 is 7.48. The molecule has 1 amide bonds. The average molecular weight is 399 g/mol. The van der Waals surface area contributed by atoms with Crippen molar-refractivity contribution in [2.45, 2.75) is 6.42 Å². The average Bonchev–Trinajstić information content (AvgIpc) is 3.22. The van der Waals surface area contributed by atoms with E-state index in [1.165, 1.54) is 17.4 Å². The van der Waals surface area contributed by atoms with Gasteiger partial charge in [-0.15, -0.1) is 11.3 Å². The number of carbonyl (C=O) groups is 1. The Kier molecular flexibility index (Phi) is 4.42. The van der Waals surface area contributed by atoms with Crippen LogP contribution < -0.4 is 10.9 Å². The number of anilines is 1. The fraction of sp³-hybridized carbons (Fsp3) is 0.118. The van der Waals surface area contributed by atoms with Crippen LogP contribution in [-0.2, 0) is 13.5 Å². The van der Waals surface area contributed by atoms with E-state index in [0.717, 1.165) is 11.5 Å². The van der Waals surface area contributed by atoms with Gasteiger partial charge in [0.05, 0.1) is 12.1 Å². The smallest absolute Gasteiger partial charge is 0.349 e. The summed E-state index contributed by atoms with van der Waals surface area (Å²) in [5, 5.41) is 12.4. The minimum Gasteiger partial charge on any atom is -0.422 e. The van der Waals surface area contributed by atoms with Crippen LogP contribution in [0.1, 0.15) is 21.9 Å². The van der Waals surface area contributed by atoms with Gasteiger partial charge in [0.1, 0.15) is 17.0 Å². The second kappa shape index (κ2) is 6.89. The molecule has 4 aromatic rings. The molecule has 0 radical (unpaired) electrons. The number of aromatic amines is 1. The molecule has 10 heteroatoms. The summed E-state index contributed by atoms with van der Waals surface area (Å²) in [6, 6.07) is 8.53. The molecule has 0 spiro atoms. The zero-order valence-corrected chi connectivity index (χ0v) is 15.7. The maximum atomic E-state index is 12.5. The molecule has 27 heavy (non-hydrogen) atoms. The van der Waals surface area contributed by atoms with Crippen molar-refractivity contribution >= 4 is 45.6 Å². The topological polar surface area (TPSA) is 106 Å². The Labute approximate surface area is 161 Å². The first-order chi connectivity index (χ1) is 13.0. The monoisotopic (exact) mass is 399 g/mol. The van der Waals surface area contributed by atoms with E-state index in [9.17, 15) is 9.59 Å². The molecule has 0 atom stereocenters. The number of rotatable bonds is 4. The van der Waals surface area contributed by atoms with Crippen molar-refractivity contribution in [3.05, 3.63) is 68.0 Å². The Balaban J connectivity index is 1.54. The maximum Gasteiger partial charge on any atom is 0.349 e. The molecule has 2 N–H and O–H groups in total. The third-order valence-electron chi connectivity index (χ3n) is 3.97. The van der Waals surface area contributed by atoms with Gasteiger partial charge in [0.2, 0.25) is 0 Å². The fourth-order valence-electron chi connectivity index (χ4n) is 2.53. The van der Waals surface area contributed by atoms with Crippen molar-refractivity contribution in [2.75, 3.05) is 5.32 Å². The molecule has 0 bridgehead atoms. The lowest BCUT2D eigenvalue weighted by Gasteiger charge is -2.02. The van der Waals surface area contributed by atoms with Crippen LogP contribution in [0.3, 0.4) is 0 Å². The number of aromatic nitrogens is 4. The van der Waals surface area contributed by atoms with Crippen molar-refractivity contribution in [1.29, 1.82) is 0 Å². The number of amides is 1. The summed E-state index contributed by atoms with van der Waals surface area (Å²) in [7, 11) is 1.81. The quantitative estimate of drug-likeness (QED) is 0.404. The molecular weight excluding hydrogens is 386 g/mol. The molecule has 0 fully saturated rings. The number of nitrogens with one attached hydrogen (secondary N) is 2. The predicted molar refractivity (Wildman–Crippen MR) is 104 cm³/mol. The molecule has 0 unspecified atom stereocenters. The van der Waals surface area contributed by atoms with Crippen LogP contribution in [0, 0.1) is 4.77 Å². The fourth-order valence-corrected chi connectivity index (χ4v) is 3.39. The van der Waals surface area contributed by atoms with Gasteiger partial charge >= 0.3 is 5.63 Å². The largest absolute Gasteiger partial charge is 0.422 e. The Morgan fingerprint density at radius 1 is 1.41 bits per heavy atom. The summed E-state index contributed by atoms with van der Waals surface area (Å²) in [5.41, 5.74) is 0.408. The van der Waals surface area contributed by atoms with Gasteiger partial charge in [-0.2, -0.15) is 5.10 Å². The van der Waals surface area contributed by atoms with Gasteiger partial charge < -0.3 is 8.98 Å². The number of hydrogen-bond donors (Lipinski definition) is 2. The molecule has 136 valence electrons. The second-order valence-electron chi connectivity index (χ2n) is 5.76. The van der Waals surface area contributed by atoms with Crippen molar-refractivity contribution in [3.63, 3.8) is 0 Å². The SMILES string of the molecule is Cn1c(Cc2csc(NC(=O)c3cc4ccccc4oc3=O)n2)n[nH]c1=S. The highest BCUT2D eigenvalue weighted by atomic mass is 32.1. The van der Waals surface area contributed by atoms with Crippen LogP contribution in [0.25, 0.3) is 11.0 Å². The molecule has 0 saturated heterocycles. The summed E-state index contributed by atoms with van der Waals surface area (Å²) >= 11 is 6.35. The number of carbonyl (C=O) groups excluding carboxylic acids is 1. The first-order valence-electron chi connectivity index (χ1n) is 7.90. The summed E-state index contributed by atoms with van der Waals surface area (Å²) in [6.07, 6.45) is 0.466. The van der Waals surface area contributed by atoms with E-state index in [1.807, 2.05) is 12.4 Å². The van der Waals surface area contributed by atoms with Crippen LogP contribution >= 0.6 is 23.6 Å². The molecule has 1 aromatic carbocycles. The number of thiazole rings is 1. The Morgan fingerprint density at radius 2 is 2.22 bits per heavy atom. The summed E-state index contributed by atoms with van der Waals surface area (Å²) in [6.45, 7) is 0. The van der Waals surface area contributed by atoms with Crippen LogP contribution in [0.5, 0.6) is 0 Å². The third-order valence-corrected chi connectivity index (χ3v) is 5.14. The maximum absolute atomic E-state index is 12.5. The first kappa shape index (κ1) is 17.3. The summed E-state index contributed by atoms with van der Waals surface area (Å²) in [5.74, 6) is 0.173. The molecular formula is C17H13N5O3S2. The van der Waals surface area contributed by atoms with Gasteiger partial charge in [-0.05, 0) is 24.4 Å². The molecule has 0 saturated carbocycles. The van der Waals surface area contributed by atoms with Crippen molar-refractivity contribution in [2.24, 2.45) is 7.05 Å². The highest BCUT2D eigenvalue weighted by Crippen LogP contribution is 2.19.